The number of hydrogen-bond acceptors (Lipinski definition) is 6. The Morgan fingerprint density at radius 3 is 2.35 bits per heavy atom. The zero-order valence-electron chi connectivity index (χ0n) is 18.3. The molecule has 0 saturated carbocycles. The van der Waals surface area contributed by atoms with Crippen molar-refractivity contribution in [2.75, 3.05) is 25.1 Å². The quantitative estimate of drug-likeness (QED) is 0.576. The molecule has 164 valence electrons. The van der Waals surface area contributed by atoms with E-state index in [4.69, 9.17) is 4.74 Å². The Labute approximate surface area is 179 Å². The van der Waals surface area contributed by atoms with Crippen molar-refractivity contribution in [1.29, 1.82) is 0 Å². The number of carbonyl (C=O) groups is 1. The summed E-state index contributed by atoms with van der Waals surface area (Å²) in [4.78, 5) is 45.3. The summed E-state index contributed by atoms with van der Waals surface area (Å²) in [7, 11) is 4.60. The zero-order chi connectivity index (χ0) is 22.3. The summed E-state index contributed by atoms with van der Waals surface area (Å²) < 4.78 is 9.25. The molecule has 31 heavy (non-hydrogen) atoms. The molecule has 0 N–H and O–H groups in total. The molecule has 1 aliphatic heterocycles. The van der Waals surface area contributed by atoms with Crippen molar-refractivity contribution in [3.8, 4) is 5.75 Å². The van der Waals surface area contributed by atoms with E-state index in [2.05, 4.69) is 16.8 Å². The van der Waals surface area contributed by atoms with Crippen molar-refractivity contribution in [2.45, 2.75) is 26.3 Å². The molecule has 0 unspecified atom stereocenters. The lowest BCUT2D eigenvalue weighted by atomic mass is 10.00. The predicted octanol–water partition coefficient (Wildman–Crippen LogP) is 1.56. The van der Waals surface area contributed by atoms with Crippen molar-refractivity contribution in [3.63, 3.8) is 0 Å². The minimum absolute atomic E-state index is 0.0440. The molecule has 3 aromatic rings. The van der Waals surface area contributed by atoms with E-state index in [0.717, 1.165) is 30.5 Å². The molecule has 0 spiro atoms. The number of methoxy groups -OCH3 is 1. The molecule has 1 aromatic carbocycles. The van der Waals surface area contributed by atoms with E-state index in [1.807, 2.05) is 0 Å². The van der Waals surface area contributed by atoms with E-state index in [1.54, 1.807) is 43.0 Å². The summed E-state index contributed by atoms with van der Waals surface area (Å²) >= 11 is 0. The molecule has 9 nitrogen and oxygen atoms in total. The fraction of sp³-hybridized carbons (Fsp3) is 0.455. The second kappa shape index (κ2) is 8.05. The zero-order valence-corrected chi connectivity index (χ0v) is 18.3. The Balaban J connectivity index is 1.84. The Kier molecular flexibility index (Phi) is 5.43. The van der Waals surface area contributed by atoms with Crippen LogP contribution < -0.4 is 20.9 Å². The van der Waals surface area contributed by atoms with Gasteiger partial charge in [0.15, 0.2) is 16.9 Å². The van der Waals surface area contributed by atoms with Gasteiger partial charge in [-0.05, 0) is 43.0 Å². The van der Waals surface area contributed by atoms with Gasteiger partial charge < -0.3 is 9.64 Å². The molecule has 9 heteroatoms. The number of hydrogen-bond donors (Lipinski definition) is 0. The molecule has 1 fully saturated rings. The van der Waals surface area contributed by atoms with Gasteiger partial charge in [-0.1, -0.05) is 6.92 Å². The monoisotopic (exact) mass is 425 g/mol. The number of ketones is 1. The van der Waals surface area contributed by atoms with Crippen LogP contribution in [0.5, 0.6) is 5.75 Å². The molecule has 0 bridgehead atoms. The maximum Gasteiger partial charge on any atom is 0.332 e. The Bertz CT molecular complexity index is 1240. The molecule has 1 saturated heterocycles. The highest BCUT2D eigenvalue weighted by atomic mass is 16.5. The van der Waals surface area contributed by atoms with Crippen LogP contribution in [0, 0.1) is 5.92 Å². The Morgan fingerprint density at radius 2 is 1.74 bits per heavy atom. The fourth-order valence-corrected chi connectivity index (χ4v) is 4.05. The lowest BCUT2D eigenvalue weighted by Gasteiger charge is -2.31. The van der Waals surface area contributed by atoms with Gasteiger partial charge in [-0.15, -0.1) is 0 Å². The number of anilines is 1. The van der Waals surface area contributed by atoms with Crippen LogP contribution in [-0.2, 0) is 20.6 Å². The molecule has 3 heterocycles. The number of aryl methyl sites for hydroxylation is 1. The van der Waals surface area contributed by atoms with Gasteiger partial charge in [-0.3, -0.25) is 23.3 Å². The van der Waals surface area contributed by atoms with E-state index >= 15 is 0 Å². The van der Waals surface area contributed by atoms with E-state index in [9.17, 15) is 14.4 Å². The van der Waals surface area contributed by atoms with E-state index in [0.29, 0.717) is 28.8 Å². The first kappa shape index (κ1) is 20.9. The van der Waals surface area contributed by atoms with Crippen LogP contribution in [0.15, 0.2) is 33.9 Å². The Hall–Kier alpha value is -3.36. The van der Waals surface area contributed by atoms with Gasteiger partial charge in [0.25, 0.3) is 5.56 Å². The number of carbonyl (C=O) groups excluding carboxylic acids is 1. The summed E-state index contributed by atoms with van der Waals surface area (Å²) in [6, 6.07) is 6.87. The number of benzene rings is 1. The predicted molar refractivity (Wildman–Crippen MR) is 118 cm³/mol. The van der Waals surface area contributed by atoms with Crippen molar-refractivity contribution in [3.05, 3.63) is 50.7 Å². The van der Waals surface area contributed by atoms with Crippen molar-refractivity contribution in [1.82, 2.24) is 18.7 Å². The Morgan fingerprint density at radius 1 is 1.10 bits per heavy atom. The number of piperidine rings is 1. The SMILES string of the molecule is COc1ccc(C(=O)Cn2c(N3CCC(C)CC3)nc3c2c(=O)n(C)c(=O)n3C)cc1. The first-order valence-corrected chi connectivity index (χ1v) is 10.4. The molecule has 1 aliphatic rings. The molecule has 0 amide bonds. The number of imidazole rings is 1. The number of nitrogens with zero attached hydrogens (tertiary/aromatic N) is 5. The minimum atomic E-state index is -0.454. The molecular weight excluding hydrogens is 398 g/mol. The van der Waals surface area contributed by atoms with E-state index in [-0.39, 0.29) is 17.8 Å². The highest BCUT2D eigenvalue weighted by molar-refractivity contribution is 5.97. The molecular formula is C22H27N5O4. The van der Waals surface area contributed by atoms with Gasteiger partial charge in [0.1, 0.15) is 5.75 Å². The van der Waals surface area contributed by atoms with Crippen LogP contribution in [0.3, 0.4) is 0 Å². The third-order valence-electron chi connectivity index (χ3n) is 6.11. The van der Waals surface area contributed by atoms with Gasteiger partial charge in [0, 0.05) is 32.7 Å². The summed E-state index contributed by atoms with van der Waals surface area (Å²) in [5.74, 6) is 1.69. The fourth-order valence-electron chi connectivity index (χ4n) is 4.05. The van der Waals surface area contributed by atoms with E-state index in [1.165, 1.54) is 11.6 Å². The maximum atomic E-state index is 13.1. The first-order valence-electron chi connectivity index (χ1n) is 10.4. The van der Waals surface area contributed by atoms with Gasteiger partial charge in [-0.25, -0.2) is 4.79 Å². The molecule has 4 rings (SSSR count). The smallest absolute Gasteiger partial charge is 0.332 e. The maximum absolute atomic E-state index is 13.1. The topological polar surface area (TPSA) is 91.4 Å². The summed E-state index contributed by atoms with van der Waals surface area (Å²) in [6.45, 7) is 3.75. The standard InChI is InChI=1S/C22H27N5O4/c1-14-9-11-26(12-10-14)21-23-19-18(20(29)25(3)22(30)24(19)2)27(21)13-17(28)15-5-7-16(31-4)8-6-15/h5-8,14H,9-13H2,1-4H3. The molecule has 0 atom stereocenters. The number of fused-ring (bicyclic) bond motifs is 1. The van der Waals surface area contributed by atoms with E-state index < -0.39 is 11.2 Å². The minimum Gasteiger partial charge on any atom is -0.497 e. The van der Waals surface area contributed by atoms with Crippen LogP contribution >= 0.6 is 0 Å². The van der Waals surface area contributed by atoms with Gasteiger partial charge >= 0.3 is 5.69 Å². The lowest BCUT2D eigenvalue weighted by Crippen LogP contribution is -2.38. The average Bonchev–Trinajstić information content (AvgIpc) is 3.16. The van der Waals surface area contributed by atoms with Crippen LogP contribution in [0.25, 0.3) is 11.2 Å². The summed E-state index contributed by atoms with van der Waals surface area (Å²) in [6.07, 6.45) is 2.01. The van der Waals surface area contributed by atoms with Crippen molar-refractivity contribution in [2.24, 2.45) is 20.0 Å². The summed E-state index contributed by atoms with van der Waals surface area (Å²) in [5.41, 5.74) is 0.180. The largest absolute Gasteiger partial charge is 0.497 e. The van der Waals surface area contributed by atoms with Gasteiger partial charge in [0.05, 0.1) is 13.7 Å². The van der Waals surface area contributed by atoms with Gasteiger partial charge in [-0.2, -0.15) is 4.98 Å². The van der Waals surface area contributed by atoms with Crippen molar-refractivity contribution >= 4 is 22.9 Å². The second-order valence-electron chi connectivity index (χ2n) is 8.20. The third kappa shape index (κ3) is 3.64. The first-order chi connectivity index (χ1) is 14.8. The van der Waals surface area contributed by atoms with Crippen LogP contribution in [0.4, 0.5) is 5.95 Å². The van der Waals surface area contributed by atoms with Crippen LogP contribution in [0.2, 0.25) is 0 Å². The number of ether oxygens (including phenoxy) is 1. The third-order valence-corrected chi connectivity index (χ3v) is 6.11. The highest BCUT2D eigenvalue weighted by Crippen LogP contribution is 2.25. The van der Waals surface area contributed by atoms with Crippen LogP contribution in [0.1, 0.15) is 30.1 Å². The second-order valence-corrected chi connectivity index (χ2v) is 8.20. The molecule has 0 radical (unpaired) electrons. The lowest BCUT2D eigenvalue weighted by molar-refractivity contribution is 0.0973. The molecule has 0 aliphatic carbocycles. The van der Waals surface area contributed by atoms with Crippen LogP contribution in [-0.4, -0.2) is 44.7 Å². The normalized spacial score (nSPS) is 14.9. The number of aromatic nitrogens is 4. The summed E-state index contributed by atoms with van der Waals surface area (Å²) in [5, 5.41) is 0. The highest BCUT2D eigenvalue weighted by Gasteiger charge is 2.26. The van der Waals surface area contributed by atoms with Crippen molar-refractivity contribution < 1.29 is 9.53 Å². The number of Topliss-reactive ketones (excluding diaryl/α,β-unsaturated/α-hetero) is 1. The molecule has 2 aromatic heterocycles. The number of rotatable bonds is 5. The average molecular weight is 425 g/mol. The van der Waals surface area contributed by atoms with Gasteiger partial charge in [0.2, 0.25) is 5.95 Å².